The molecule has 0 spiro atoms. The predicted octanol–water partition coefficient (Wildman–Crippen LogP) is 4.54. The topological polar surface area (TPSA) is 74.5 Å². The molecule has 0 heterocycles. The maximum Gasteiger partial charge on any atom is 0.188 e. The maximum absolute atomic E-state index is 8.74. The van der Waals surface area contributed by atoms with E-state index in [0.29, 0.717) is 37.2 Å². The zero-order valence-corrected chi connectivity index (χ0v) is 16.0. The summed E-state index contributed by atoms with van der Waals surface area (Å²) in [5.74, 6) is 0. The fourth-order valence-corrected chi connectivity index (χ4v) is 4.75. The zero-order valence-electron chi connectivity index (χ0n) is 15.1. The van der Waals surface area contributed by atoms with Crippen LogP contribution in [-0.2, 0) is 4.52 Å². The van der Waals surface area contributed by atoms with Gasteiger partial charge in [-0.15, -0.1) is 0 Å². The molecule has 21 heavy (non-hydrogen) atoms. The summed E-state index contributed by atoms with van der Waals surface area (Å²) in [5.41, 5.74) is 0. The van der Waals surface area contributed by atoms with Crippen molar-refractivity contribution >= 4 is 8.45 Å². The molecule has 0 aliphatic rings. The minimum Gasteiger partial charge on any atom is -0.344 e. The minimum absolute atomic E-state index is 0. The van der Waals surface area contributed by atoms with Crippen LogP contribution in [0.25, 0.3) is 0 Å². The predicted molar refractivity (Wildman–Crippen MR) is 92.3 cm³/mol. The normalized spacial score (nSPS) is 12.1. The van der Waals surface area contributed by atoms with Crippen molar-refractivity contribution in [1.29, 1.82) is 5.26 Å². The molecule has 0 saturated carbocycles. The summed E-state index contributed by atoms with van der Waals surface area (Å²) >= 11 is 0. The molecule has 0 bridgehead atoms. The molecule has 0 aromatic rings. The van der Waals surface area contributed by atoms with Crippen molar-refractivity contribution in [1.82, 2.24) is 15.5 Å². The lowest BCUT2D eigenvalue weighted by Crippen LogP contribution is -2.43. The van der Waals surface area contributed by atoms with Crippen LogP contribution < -0.4 is 6.15 Å². The van der Waals surface area contributed by atoms with E-state index in [0.717, 1.165) is 0 Å². The van der Waals surface area contributed by atoms with E-state index in [1.165, 1.54) is 0 Å². The first kappa shape index (κ1) is 23.0. The van der Waals surface area contributed by atoms with E-state index in [-0.39, 0.29) is 6.15 Å². The van der Waals surface area contributed by atoms with Gasteiger partial charge in [0.15, 0.2) is 8.45 Å². The van der Waals surface area contributed by atoms with Gasteiger partial charge in [0.1, 0.15) is 0 Å². The molecule has 0 unspecified atom stereocenters. The standard InChI is InChI=1S/C15H32N3OP.H3N/c1-12(2)17(13(3)4)20(19-11-9-10-16)18(14(5)6)15(7)8;/h12-15H,9,11H2,1-8H3;1H3. The highest BCUT2D eigenvalue weighted by Gasteiger charge is 2.34. The van der Waals surface area contributed by atoms with Crippen LogP contribution in [0.2, 0.25) is 0 Å². The second kappa shape index (κ2) is 11.3. The van der Waals surface area contributed by atoms with E-state index in [1.807, 2.05) is 0 Å². The molecule has 0 aliphatic heterocycles. The molecule has 0 rings (SSSR count). The van der Waals surface area contributed by atoms with Gasteiger partial charge in [0.25, 0.3) is 0 Å². The fourth-order valence-electron chi connectivity index (χ4n) is 2.41. The van der Waals surface area contributed by atoms with Gasteiger partial charge < -0.3 is 10.7 Å². The van der Waals surface area contributed by atoms with Gasteiger partial charge in [-0.2, -0.15) is 5.26 Å². The van der Waals surface area contributed by atoms with Crippen molar-refractivity contribution in [3.05, 3.63) is 0 Å². The first-order valence-corrected chi connectivity index (χ1v) is 8.77. The Bertz CT molecular complexity index is 267. The van der Waals surface area contributed by atoms with Crippen molar-refractivity contribution in [2.45, 2.75) is 86.0 Å². The van der Waals surface area contributed by atoms with Crippen LogP contribution in [0, 0.1) is 11.3 Å². The number of nitrogens with zero attached hydrogens (tertiary/aromatic N) is 3. The third kappa shape index (κ3) is 7.54. The number of hydrogen-bond donors (Lipinski definition) is 1. The third-order valence-corrected chi connectivity index (χ3v) is 5.98. The summed E-state index contributed by atoms with van der Waals surface area (Å²) in [7, 11) is -0.841. The highest BCUT2D eigenvalue weighted by Crippen LogP contribution is 2.50. The molecular formula is C15H35N4OP. The summed E-state index contributed by atoms with van der Waals surface area (Å²) in [6, 6.07) is 3.84. The zero-order chi connectivity index (χ0) is 15.9. The first-order valence-electron chi connectivity index (χ1n) is 7.60. The number of rotatable bonds is 9. The monoisotopic (exact) mass is 318 g/mol. The van der Waals surface area contributed by atoms with Crippen LogP contribution in [0.1, 0.15) is 61.8 Å². The van der Waals surface area contributed by atoms with E-state index in [4.69, 9.17) is 9.79 Å². The largest absolute Gasteiger partial charge is 0.344 e. The quantitative estimate of drug-likeness (QED) is 0.499. The highest BCUT2D eigenvalue weighted by molar-refractivity contribution is 7.47. The summed E-state index contributed by atoms with van der Waals surface area (Å²) in [6.45, 7) is 18.2. The average Bonchev–Trinajstić information content (AvgIpc) is 2.26. The molecule has 0 aromatic carbocycles. The maximum atomic E-state index is 8.74. The first-order chi connectivity index (χ1) is 9.23. The lowest BCUT2D eigenvalue weighted by Gasteiger charge is -2.45. The number of hydrogen-bond acceptors (Lipinski definition) is 5. The molecule has 126 valence electrons. The molecule has 0 aliphatic carbocycles. The average molecular weight is 318 g/mol. The highest BCUT2D eigenvalue weighted by atomic mass is 31.2. The second-order valence-corrected chi connectivity index (χ2v) is 7.82. The Kier molecular flexibility index (Phi) is 12.4. The van der Waals surface area contributed by atoms with E-state index in [9.17, 15) is 0 Å². The SMILES string of the molecule is CC(C)N(C(C)C)P(OCCC#N)N(C(C)C)C(C)C.N. The van der Waals surface area contributed by atoms with Gasteiger partial charge in [0.2, 0.25) is 0 Å². The van der Waals surface area contributed by atoms with Gasteiger partial charge in [0, 0.05) is 24.2 Å². The molecule has 3 N–H and O–H groups in total. The van der Waals surface area contributed by atoms with Gasteiger partial charge in [-0.25, -0.2) is 9.34 Å². The summed E-state index contributed by atoms with van der Waals surface area (Å²) < 4.78 is 11.0. The van der Waals surface area contributed by atoms with Crippen LogP contribution in [0.3, 0.4) is 0 Å². The van der Waals surface area contributed by atoms with Crippen molar-refractivity contribution in [2.75, 3.05) is 6.61 Å². The van der Waals surface area contributed by atoms with E-state index >= 15 is 0 Å². The lowest BCUT2D eigenvalue weighted by molar-refractivity contribution is 0.189. The fraction of sp³-hybridized carbons (Fsp3) is 0.933. The summed E-state index contributed by atoms with van der Waals surface area (Å²) in [6.07, 6.45) is 0.451. The van der Waals surface area contributed by atoms with Crippen molar-refractivity contribution < 1.29 is 4.52 Å². The van der Waals surface area contributed by atoms with Gasteiger partial charge >= 0.3 is 0 Å². The van der Waals surface area contributed by atoms with Crippen LogP contribution in [0.15, 0.2) is 0 Å². The molecule has 0 saturated heterocycles. The van der Waals surface area contributed by atoms with Crippen LogP contribution in [-0.4, -0.2) is 40.1 Å². The smallest absolute Gasteiger partial charge is 0.188 e. The molecular weight excluding hydrogens is 283 g/mol. The van der Waals surface area contributed by atoms with E-state index in [1.54, 1.807) is 0 Å². The number of nitriles is 1. The van der Waals surface area contributed by atoms with Crippen molar-refractivity contribution in [3.8, 4) is 6.07 Å². The van der Waals surface area contributed by atoms with Gasteiger partial charge in [-0.05, 0) is 55.4 Å². The minimum atomic E-state index is -0.841. The Morgan fingerprint density at radius 2 is 1.19 bits per heavy atom. The van der Waals surface area contributed by atoms with Gasteiger partial charge in [-0.1, -0.05) is 0 Å². The van der Waals surface area contributed by atoms with Gasteiger partial charge in [0.05, 0.1) is 19.1 Å². The van der Waals surface area contributed by atoms with E-state index < -0.39 is 8.45 Å². The van der Waals surface area contributed by atoms with Crippen LogP contribution in [0.5, 0.6) is 0 Å². The van der Waals surface area contributed by atoms with Crippen molar-refractivity contribution in [2.24, 2.45) is 0 Å². The molecule has 6 heteroatoms. The summed E-state index contributed by atoms with van der Waals surface area (Å²) in [5, 5.41) is 8.74. The Morgan fingerprint density at radius 3 is 1.43 bits per heavy atom. The van der Waals surface area contributed by atoms with Crippen LogP contribution in [0.4, 0.5) is 0 Å². The van der Waals surface area contributed by atoms with Crippen LogP contribution >= 0.6 is 8.45 Å². The summed E-state index contributed by atoms with van der Waals surface area (Å²) in [4.78, 5) is 0. The molecule has 0 amide bonds. The molecule has 0 fully saturated rings. The Balaban J connectivity index is 0. The van der Waals surface area contributed by atoms with Gasteiger partial charge in [-0.3, -0.25) is 0 Å². The van der Waals surface area contributed by atoms with Crippen molar-refractivity contribution in [3.63, 3.8) is 0 Å². The Hall–Kier alpha value is -0.240. The molecule has 0 radical (unpaired) electrons. The third-order valence-electron chi connectivity index (χ3n) is 2.93. The lowest BCUT2D eigenvalue weighted by atomic mass is 10.3. The molecule has 0 atom stereocenters. The second-order valence-electron chi connectivity index (χ2n) is 6.13. The van der Waals surface area contributed by atoms with E-state index in [2.05, 4.69) is 70.8 Å². The Labute approximate surface area is 133 Å². The molecule has 0 aromatic heterocycles. The molecule has 5 nitrogen and oxygen atoms in total. The Morgan fingerprint density at radius 1 is 0.857 bits per heavy atom.